The van der Waals surface area contributed by atoms with Gasteiger partial charge in [-0.1, -0.05) is 33.2 Å². The van der Waals surface area contributed by atoms with Gasteiger partial charge in [0.15, 0.2) is 5.82 Å². The topological polar surface area (TPSA) is 56.0 Å². The first-order valence-corrected chi connectivity index (χ1v) is 5.09. The third-order valence-electron chi connectivity index (χ3n) is 1.86. The Morgan fingerprint density at radius 1 is 1.33 bits per heavy atom. The lowest BCUT2D eigenvalue weighted by Gasteiger charge is -1.95. The molecule has 0 N–H and O–H groups in total. The molecule has 2 aromatic rings. The van der Waals surface area contributed by atoms with Gasteiger partial charge in [0.05, 0.1) is 0 Å². The van der Waals surface area contributed by atoms with Crippen LogP contribution in [0.2, 0.25) is 0 Å². The molecule has 0 amide bonds. The van der Waals surface area contributed by atoms with E-state index in [9.17, 15) is 4.79 Å². The standard InChI is InChI=1S/C10H7BrN2O2/c11-8-3-1-7(2-4-8)5-9-12-10(6-14)15-13-9/h1-4,6H,5H2. The van der Waals surface area contributed by atoms with Gasteiger partial charge in [0.2, 0.25) is 6.29 Å². The lowest BCUT2D eigenvalue weighted by Crippen LogP contribution is -1.90. The molecule has 0 radical (unpaired) electrons. The van der Waals surface area contributed by atoms with Gasteiger partial charge in [-0.3, -0.25) is 4.79 Å². The summed E-state index contributed by atoms with van der Waals surface area (Å²) in [5.74, 6) is 0.529. The number of nitrogens with zero attached hydrogens (tertiary/aromatic N) is 2. The Balaban J connectivity index is 2.14. The van der Waals surface area contributed by atoms with Crippen LogP contribution < -0.4 is 0 Å². The minimum absolute atomic E-state index is 0.0158. The van der Waals surface area contributed by atoms with Crippen LogP contribution in [0.15, 0.2) is 33.3 Å². The molecule has 0 bridgehead atoms. The fourth-order valence-electron chi connectivity index (χ4n) is 1.17. The molecule has 4 nitrogen and oxygen atoms in total. The van der Waals surface area contributed by atoms with Crippen molar-refractivity contribution in [2.45, 2.75) is 6.42 Å². The molecule has 0 unspecified atom stereocenters. The quantitative estimate of drug-likeness (QED) is 0.800. The maximum absolute atomic E-state index is 10.3. The Bertz CT molecular complexity index is 465. The Hall–Kier alpha value is -1.49. The van der Waals surface area contributed by atoms with Gasteiger partial charge in [-0.05, 0) is 17.7 Å². The fourth-order valence-corrected chi connectivity index (χ4v) is 1.44. The van der Waals surface area contributed by atoms with Crippen LogP contribution in [-0.2, 0) is 6.42 Å². The predicted octanol–water partition coefficient (Wildman–Crippen LogP) is 2.24. The second-order valence-electron chi connectivity index (χ2n) is 2.97. The van der Waals surface area contributed by atoms with Crippen LogP contribution in [0.25, 0.3) is 0 Å². The van der Waals surface area contributed by atoms with Gasteiger partial charge in [-0.15, -0.1) is 0 Å². The molecule has 0 saturated heterocycles. The van der Waals surface area contributed by atoms with Gasteiger partial charge in [0, 0.05) is 10.9 Å². The van der Waals surface area contributed by atoms with E-state index >= 15 is 0 Å². The smallest absolute Gasteiger partial charge is 0.290 e. The molecule has 1 aromatic heterocycles. The molecular formula is C10H7BrN2O2. The molecule has 2 rings (SSSR count). The van der Waals surface area contributed by atoms with E-state index in [0.717, 1.165) is 10.0 Å². The van der Waals surface area contributed by atoms with Crippen molar-refractivity contribution in [3.8, 4) is 0 Å². The Morgan fingerprint density at radius 2 is 2.07 bits per heavy atom. The molecule has 0 fully saturated rings. The first kappa shape index (κ1) is 10.0. The SMILES string of the molecule is O=Cc1nc(Cc2ccc(Br)cc2)no1. The number of hydrogen-bond acceptors (Lipinski definition) is 4. The third kappa shape index (κ3) is 2.50. The highest BCUT2D eigenvalue weighted by molar-refractivity contribution is 9.10. The van der Waals surface area contributed by atoms with Crippen LogP contribution in [0, 0.1) is 0 Å². The van der Waals surface area contributed by atoms with Gasteiger partial charge in [-0.25, -0.2) is 0 Å². The summed E-state index contributed by atoms with van der Waals surface area (Å²) in [4.78, 5) is 14.2. The number of hydrogen-bond donors (Lipinski definition) is 0. The van der Waals surface area contributed by atoms with E-state index in [1.54, 1.807) is 0 Å². The largest absolute Gasteiger partial charge is 0.331 e. The Kier molecular flexibility index (Phi) is 2.91. The third-order valence-corrected chi connectivity index (χ3v) is 2.39. The number of carbonyl (C=O) groups excluding carboxylic acids is 1. The van der Waals surface area contributed by atoms with Crippen molar-refractivity contribution >= 4 is 22.2 Å². The molecule has 1 heterocycles. The summed E-state index contributed by atoms with van der Waals surface area (Å²) in [5.41, 5.74) is 1.07. The summed E-state index contributed by atoms with van der Waals surface area (Å²) in [5, 5.41) is 3.68. The molecular weight excluding hydrogens is 260 g/mol. The fraction of sp³-hybridized carbons (Fsp3) is 0.100. The van der Waals surface area contributed by atoms with Gasteiger partial charge < -0.3 is 4.52 Å². The van der Waals surface area contributed by atoms with E-state index < -0.39 is 0 Å². The summed E-state index contributed by atoms with van der Waals surface area (Å²) in [6.07, 6.45) is 1.10. The summed E-state index contributed by atoms with van der Waals surface area (Å²) in [6.45, 7) is 0. The summed E-state index contributed by atoms with van der Waals surface area (Å²) in [7, 11) is 0. The van der Waals surface area contributed by atoms with Crippen LogP contribution in [0.5, 0.6) is 0 Å². The zero-order valence-electron chi connectivity index (χ0n) is 7.68. The molecule has 1 aromatic carbocycles. The van der Waals surface area contributed by atoms with Crippen molar-refractivity contribution < 1.29 is 9.32 Å². The van der Waals surface area contributed by atoms with Gasteiger partial charge in [0.1, 0.15) is 0 Å². The number of aromatic nitrogens is 2. The van der Waals surface area contributed by atoms with E-state index in [1.807, 2.05) is 24.3 Å². The summed E-state index contributed by atoms with van der Waals surface area (Å²) < 4.78 is 5.69. The van der Waals surface area contributed by atoms with E-state index in [4.69, 9.17) is 0 Å². The second-order valence-corrected chi connectivity index (χ2v) is 3.89. The number of rotatable bonds is 3. The highest BCUT2D eigenvalue weighted by Gasteiger charge is 2.05. The average molecular weight is 267 g/mol. The number of aldehydes is 1. The second kappa shape index (κ2) is 4.35. The van der Waals surface area contributed by atoms with Crippen molar-refractivity contribution in [2.75, 3.05) is 0 Å². The lowest BCUT2D eigenvalue weighted by atomic mass is 10.1. The van der Waals surface area contributed by atoms with E-state index in [-0.39, 0.29) is 5.89 Å². The normalized spacial score (nSPS) is 10.2. The number of carbonyl (C=O) groups is 1. The van der Waals surface area contributed by atoms with Crippen molar-refractivity contribution in [1.29, 1.82) is 0 Å². The average Bonchev–Trinajstić information content (AvgIpc) is 2.69. The minimum Gasteiger partial charge on any atom is -0.331 e. The van der Waals surface area contributed by atoms with Gasteiger partial charge in [-0.2, -0.15) is 4.98 Å². The molecule has 0 atom stereocenters. The predicted molar refractivity (Wildman–Crippen MR) is 56.6 cm³/mol. The zero-order valence-corrected chi connectivity index (χ0v) is 9.27. The van der Waals surface area contributed by atoms with E-state index in [1.165, 1.54) is 0 Å². The van der Waals surface area contributed by atoms with Crippen LogP contribution in [0.1, 0.15) is 22.1 Å². The number of halogens is 1. The first-order valence-electron chi connectivity index (χ1n) is 4.30. The van der Waals surface area contributed by atoms with E-state index in [0.29, 0.717) is 18.5 Å². The minimum atomic E-state index is 0.0158. The van der Waals surface area contributed by atoms with Crippen molar-refractivity contribution in [2.24, 2.45) is 0 Å². The molecule has 0 aliphatic carbocycles. The number of benzene rings is 1. The lowest BCUT2D eigenvalue weighted by molar-refractivity contribution is 0.108. The highest BCUT2D eigenvalue weighted by atomic mass is 79.9. The van der Waals surface area contributed by atoms with Crippen LogP contribution in [0.3, 0.4) is 0 Å². The Morgan fingerprint density at radius 3 is 2.67 bits per heavy atom. The maximum Gasteiger partial charge on any atom is 0.290 e. The van der Waals surface area contributed by atoms with Gasteiger partial charge in [0.25, 0.3) is 5.89 Å². The monoisotopic (exact) mass is 266 g/mol. The van der Waals surface area contributed by atoms with Crippen LogP contribution >= 0.6 is 15.9 Å². The van der Waals surface area contributed by atoms with Gasteiger partial charge >= 0.3 is 0 Å². The van der Waals surface area contributed by atoms with Crippen LogP contribution in [-0.4, -0.2) is 16.4 Å². The molecule has 15 heavy (non-hydrogen) atoms. The highest BCUT2D eigenvalue weighted by Crippen LogP contribution is 2.12. The molecule has 5 heteroatoms. The molecule has 0 aliphatic heterocycles. The Labute approximate surface area is 94.4 Å². The van der Waals surface area contributed by atoms with E-state index in [2.05, 4.69) is 30.6 Å². The van der Waals surface area contributed by atoms with Crippen molar-refractivity contribution in [3.05, 3.63) is 46.0 Å². The molecule has 76 valence electrons. The van der Waals surface area contributed by atoms with Crippen molar-refractivity contribution in [3.63, 3.8) is 0 Å². The van der Waals surface area contributed by atoms with Crippen molar-refractivity contribution in [1.82, 2.24) is 10.1 Å². The molecule has 0 saturated carbocycles. The summed E-state index contributed by atoms with van der Waals surface area (Å²) in [6, 6.07) is 7.80. The summed E-state index contributed by atoms with van der Waals surface area (Å²) >= 11 is 3.35. The molecule has 0 spiro atoms. The van der Waals surface area contributed by atoms with Crippen LogP contribution in [0.4, 0.5) is 0 Å². The zero-order chi connectivity index (χ0) is 10.7. The first-order chi connectivity index (χ1) is 7.28. The molecule has 0 aliphatic rings. The maximum atomic E-state index is 10.3.